The molecule has 9 aromatic rings. The SMILES string of the molecule is CC(C)(C)c1ccc2c(c1)c1cc(C(C)(C)C)cc3c1n2B1c2cccc4c2N(c2ccccc2[Si]42c4ccccc4-c4ccccc42)c2cc(-c4ccccc4)cc-3c21. The van der Waals surface area contributed by atoms with Gasteiger partial charge in [0, 0.05) is 44.4 Å². The lowest BCUT2D eigenvalue weighted by Gasteiger charge is -2.49. The molecule has 2 nitrogen and oxygen atoms in total. The molecule has 8 aromatic carbocycles. The molecule has 0 aliphatic carbocycles. The molecule has 1 spiro atoms. The van der Waals surface area contributed by atoms with Gasteiger partial charge in [0.05, 0.1) is 0 Å². The second-order valence-corrected chi connectivity index (χ2v) is 23.3. The van der Waals surface area contributed by atoms with Crippen molar-refractivity contribution < 1.29 is 0 Å². The Labute approximate surface area is 353 Å². The van der Waals surface area contributed by atoms with Gasteiger partial charge in [-0.05, 0) is 124 Å². The van der Waals surface area contributed by atoms with Gasteiger partial charge in [-0.2, -0.15) is 0 Å². The summed E-state index contributed by atoms with van der Waals surface area (Å²) in [4.78, 5) is 2.70. The van der Waals surface area contributed by atoms with Crippen molar-refractivity contribution in [2.24, 2.45) is 0 Å². The number of para-hydroxylation sites is 2. The van der Waals surface area contributed by atoms with Crippen LogP contribution in [0.15, 0.2) is 164 Å². The number of nitrogens with zero attached hydrogens (tertiary/aromatic N) is 2. The Bertz CT molecular complexity index is 3320. The van der Waals surface area contributed by atoms with E-state index in [1.165, 1.54) is 115 Å². The summed E-state index contributed by atoms with van der Waals surface area (Å²) in [5.41, 5.74) is 20.1. The molecule has 0 N–H and O–H groups in total. The summed E-state index contributed by atoms with van der Waals surface area (Å²) < 4.78 is 2.76. The number of fused-ring (bicyclic) bond motifs is 16. The van der Waals surface area contributed by atoms with Gasteiger partial charge in [0.2, 0.25) is 0 Å². The molecule has 0 radical (unpaired) electrons. The first kappa shape index (κ1) is 34.5. The van der Waals surface area contributed by atoms with Crippen LogP contribution in [-0.2, 0) is 10.8 Å². The largest absolute Gasteiger partial charge is 0.375 e. The highest BCUT2D eigenvalue weighted by Crippen LogP contribution is 2.50. The first-order valence-corrected chi connectivity index (χ1v) is 23.6. The Kier molecular flexibility index (Phi) is 6.59. The molecule has 0 fully saturated rings. The summed E-state index contributed by atoms with van der Waals surface area (Å²) >= 11 is 0. The second kappa shape index (κ2) is 11.5. The van der Waals surface area contributed by atoms with Crippen molar-refractivity contribution in [2.75, 3.05) is 4.90 Å². The number of hydrogen-bond donors (Lipinski definition) is 0. The molecule has 0 amide bonds. The van der Waals surface area contributed by atoms with Crippen LogP contribution in [0.5, 0.6) is 0 Å². The average molecular weight is 785 g/mol. The van der Waals surface area contributed by atoms with Crippen LogP contribution in [0.4, 0.5) is 17.1 Å². The fourth-order valence-electron chi connectivity index (χ4n) is 11.8. The van der Waals surface area contributed by atoms with Crippen LogP contribution in [0.3, 0.4) is 0 Å². The van der Waals surface area contributed by atoms with E-state index in [9.17, 15) is 0 Å². The Morgan fingerprint density at radius 3 is 1.80 bits per heavy atom. The van der Waals surface area contributed by atoms with Crippen molar-refractivity contribution in [3.63, 3.8) is 0 Å². The summed E-state index contributed by atoms with van der Waals surface area (Å²) in [7, 11) is -2.77. The van der Waals surface area contributed by atoms with Gasteiger partial charge in [-0.3, -0.25) is 0 Å². The van der Waals surface area contributed by atoms with Gasteiger partial charge in [0.1, 0.15) is 0 Å². The fraction of sp³-hybridized carbons (Fsp3) is 0.143. The molecule has 286 valence electrons. The molecule has 1 aromatic heterocycles. The maximum Gasteiger partial charge on any atom is 0.333 e. The van der Waals surface area contributed by atoms with Crippen molar-refractivity contribution in [3.8, 4) is 33.4 Å². The highest BCUT2D eigenvalue weighted by atomic mass is 28.3. The summed E-state index contributed by atoms with van der Waals surface area (Å²) in [5, 5.41) is 8.68. The van der Waals surface area contributed by atoms with E-state index in [0.717, 1.165) is 0 Å². The van der Waals surface area contributed by atoms with Crippen LogP contribution in [-0.4, -0.2) is 19.4 Å². The molecule has 4 aliphatic heterocycles. The van der Waals surface area contributed by atoms with Crippen molar-refractivity contribution in [3.05, 3.63) is 175 Å². The molecular formula is C56H45BN2Si. The first-order valence-electron chi connectivity index (χ1n) is 21.6. The van der Waals surface area contributed by atoms with Crippen molar-refractivity contribution in [1.82, 2.24) is 4.48 Å². The van der Waals surface area contributed by atoms with E-state index in [-0.39, 0.29) is 17.7 Å². The minimum absolute atomic E-state index is 0.0114. The lowest BCUT2D eigenvalue weighted by molar-refractivity contribution is 0.590. The standard InChI is InChI=1S/C56H45BN2Si/c1-55(2,3)36-27-28-45-40(31-36)42-32-37(56(4,5)6)33-43-41-29-35(34-17-8-7-9-18-34)30-47-52(41)57(59(45)53(42)43)44-21-16-26-51-54(44)58(47)46-22-12-15-25-50(46)60(51)48-23-13-10-19-38(48)39-20-11-14-24-49(39)60/h7-33H,1-6H3. The van der Waals surface area contributed by atoms with E-state index in [0.29, 0.717) is 0 Å². The monoisotopic (exact) mass is 784 g/mol. The van der Waals surface area contributed by atoms with E-state index in [4.69, 9.17) is 0 Å². The summed E-state index contributed by atoms with van der Waals surface area (Å²) in [6.45, 7) is 14.1. The average Bonchev–Trinajstić information content (AvgIpc) is 3.75. The predicted molar refractivity (Wildman–Crippen MR) is 259 cm³/mol. The van der Waals surface area contributed by atoms with Crippen molar-refractivity contribution in [2.45, 2.75) is 52.4 Å². The Morgan fingerprint density at radius 2 is 1.08 bits per heavy atom. The van der Waals surface area contributed by atoms with E-state index in [1.807, 2.05) is 0 Å². The molecule has 5 heterocycles. The van der Waals surface area contributed by atoms with E-state index >= 15 is 0 Å². The zero-order chi connectivity index (χ0) is 40.4. The maximum atomic E-state index is 2.76. The summed E-state index contributed by atoms with van der Waals surface area (Å²) in [6, 6.07) is 63.9. The van der Waals surface area contributed by atoms with Crippen molar-refractivity contribution >= 4 is 85.5 Å². The molecule has 13 rings (SSSR count). The number of aromatic nitrogens is 1. The Hall–Kier alpha value is -6.36. The van der Waals surface area contributed by atoms with Crippen LogP contribution in [0.25, 0.3) is 55.2 Å². The molecule has 60 heavy (non-hydrogen) atoms. The topological polar surface area (TPSA) is 8.17 Å². The molecule has 0 saturated heterocycles. The lowest BCUT2D eigenvalue weighted by Crippen LogP contribution is -2.77. The number of rotatable bonds is 1. The number of hydrogen-bond acceptors (Lipinski definition) is 1. The molecule has 4 heteroatoms. The van der Waals surface area contributed by atoms with Gasteiger partial charge in [0.25, 0.3) is 0 Å². The number of benzene rings is 8. The third kappa shape index (κ3) is 4.20. The van der Waals surface area contributed by atoms with Gasteiger partial charge < -0.3 is 9.38 Å². The first-order chi connectivity index (χ1) is 29.0. The second-order valence-electron chi connectivity index (χ2n) is 19.7. The molecule has 4 aliphatic rings. The zero-order valence-corrected chi connectivity index (χ0v) is 36.1. The number of anilines is 3. The highest BCUT2D eigenvalue weighted by Gasteiger charge is 2.56. The third-order valence-corrected chi connectivity index (χ3v) is 19.4. The molecule has 0 bridgehead atoms. The Balaban J connectivity index is 1.23. The minimum atomic E-state index is -2.77. The fourth-order valence-corrected chi connectivity index (χ4v) is 17.3. The quantitative estimate of drug-likeness (QED) is 0.151. The summed E-state index contributed by atoms with van der Waals surface area (Å²) in [6.07, 6.45) is 0. The summed E-state index contributed by atoms with van der Waals surface area (Å²) in [5.74, 6) is 0. The van der Waals surface area contributed by atoms with Crippen LogP contribution >= 0.6 is 0 Å². The normalized spacial score (nSPS) is 14.9. The maximum absolute atomic E-state index is 2.77. The molecule has 0 saturated carbocycles. The molecule has 0 unspecified atom stereocenters. The van der Waals surface area contributed by atoms with E-state index in [1.54, 1.807) is 0 Å². The van der Waals surface area contributed by atoms with Crippen LogP contribution < -0.4 is 36.6 Å². The van der Waals surface area contributed by atoms with Gasteiger partial charge >= 0.3 is 6.85 Å². The van der Waals surface area contributed by atoms with Gasteiger partial charge in [-0.1, -0.05) is 163 Å². The van der Waals surface area contributed by atoms with Gasteiger partial charge in [0.15, 0.2) is 8.07 Å². The highest BCUT2D eigenvalue weighted by molar-refractivity contribution is 7.24. The molecule has 0 atom stereocenters. The van der Waals surface area contributed by atoms with E-state index in [2.05, 4.69) is 215 Å². The smallest absolute Gasteiger partial charge is 0.333 e. The van der Waals surface area contributed by atoms with Gasteiger partial charge in [-0.25, -0.2) is 0 Å². The Morgan fingerprint density at radius 1 is 0.450 bits per heavy atom. The van der Waals surface area contributed by atoms with Crippen molar-refractivity contribution in [1.29, 1.82) is 0 Å². The predicted octanol–water partition coefficient (Wildman–Crippen LogP) is 10.1. The van der Waals surface area contributed by atoms with Crippen LogP contribution in [0.1, 0.15) is 52.7 Å². The zero-order valence-electron chi connectivity index (χ0n) is 35.1. The molecular weight excluding hydrogens is 740 g/mol. The third-order valence-electron chi connectivity index (χ3n) is 14.4. The lowest BCUT2D eigenvalue weighted by atomic mass is 9.45. The van der Waals surface area contributed by atoms with Crippen LogP contribution in [0.2, 0.25) is 0 Å². The van der Waals surface area contributed by atoms with Gasteiger partial charge in [-0.15, -0.1) is 0 Å². The van der Waals surface area contributed by atoms with Crippen LogP contribution in [0, 0.1) is 0 Å². The van der Waals surface area contributed by atoms with E-state index < -0.39 is 8.07 Å². The minimum Gasteiger partial charge on any atom is -0.375 e.